The second-order valence-electron chi connectivity index (χ2n) is 5.65. The van der Waals surface area contributed by atoms with Crippen molar-refractivity contribution in [3.05, 3.63) is 62.6 Å². The van der Waals surface area contributed by atoms with E-state index in [0.717, 1.165) is 6.07 Å². The molecule has 0 bridgehead atoms. The highest BCUT2D eigenvalue weighted by Crippen LogP contribution is 2.26. The number of carbonyl (C=O) groups is 2. The largest absolute Gasteiger partial charge is 0.329 e. The van der Waals surface area contributed by atoms with Crippen LogP contribution in [0.5, 0.6) is 0 Å². The zero-order valence-corrected chi connectivity index (χ0v) is 16.4. The fourth-order valence-corrected chi connectivity index (χ4v) is 2.90. The Balaban J connectivity index is 2.19. The van der Waals surface area contributed by atoms with Gasteiger partial charge in [-0.15, -0.1) is 0 Å². The third-order valence-electron chi connectivity index (χ3n) is 3.56. The summed E-state index contributed by atoms with van der Waals surface area (Å²) in [6.45, 7) is 1.69. The van der Waals surface area contributed by atoms with Gasteiger partial charge in [0.15, 0.2) is 11.6 Å². The van der Waals surface area contributed by atoms with Crippen LogP contribution in [0.25, 0.3) is 0 Å². The minimum Gasteiger partial charge on any atom is -0.329 e. The van der Waals surface area contributed by atoms with Gasteiger partial charge in [-0.25, -0.2) is 8.78 Å². The van der Waals surface area contributed by atoms with Gasteiger partial charge >= 0.3 is 0 Å². The molecule has 2 amide bonds. The van der Waals surface area contributed by atoms with Crippen molar-refractivity contribution in [1.82, 2.24) is 4.90 Å². The van der Waals surface area contributed by atoms with Crippen molar-refractivity contribution in [1.29, 1.82) is 0 Å². The first-order chi connectivity index (χ1) is 12.7. The third-order valence-corrected chi connectivity index (χ3v) is 4.44. The Kier molecular flexibility index (Phi) is 7.41. The molecule has 0 radical (unpaired) electrons. The molecule has 0 atom stereocenters. The number of hydrogen-bond donors (Lipinski definition) is 1. The molecule has 1 N–H and O–H groups in total. The Morgan fingerprint density at radius 1 is 1.04 bits per heavy atom. The lowest BCUT2D eigenvalue weighted by atomic mass is 10.1. The fourth-order valence-electron chi connectivity index (χ4n) is 2.34. The van der Waals surface area contributed by atoms with Crippen molar-refractivity contribution in [2.24, 2.45) is 0 Å². The van der Waals surface area contributed by atoms with Crippen LogP contribution in [0.15, 0.2) is 30.3 Å². The molecule has 2 aromatic carbocycles. The van der Waals surface area contributed by atoms with Gasteiger partial charge in [0.2, 0.25) is 5.91 Å². The molecule has 0 aromatic heterocycles. The summed E-state index contributed by atoms with van der Waals surface area (Å²) in [5.41, 5.74) is 0.0709. The van der Waals surface area contributed by atoms with Crippen LogP contribution in [-0.2, 0) is 4.79 Å². The standard InChI is InChI=1S/C18H15Cl3F2N2O2/c1-2-5-25(18(27)11-7-14(22)15(23)8-13(11)21)9-17(26)24-16-6-10(19)3-4-12(16)20/h3-4,6-8H,2,5,9H2,1H3,(H,24,26). The van der Waals surface area contributed by atoms with E-state index in [-0.39, 0.29) is 28.7 Å². The Labute approximate surface area is 170 Å². The van der Waals surface area contributed by atoms with Gasteiger partial charge in [0.25, 0.3) is 5.91 Å². The molecule has 0 unspecified atom stereocenters. The maximum Gasteiger partial charge on any atom is 0.255 e. The number of nitrogens with one attached hydrogen (secondary N) is 1. The van der Waals surface area contributed by atoms with Crippen molar-refractivity contribution in [3.63, 3.8) is 0 Å². The molecule has 0 spiro atoms. The number of hydrogen-bond acceptors (Lipinski definition) is 2. The topological polar surface area (TPSA) is 49.4 Å². The van der Waals surface area contributed by atoms with Crippen molar-refractivity contribution < 1.29 is 18.4 Å². The maximum atomic E-state index is 13.5. The first-order valence-electron chi connectivity index (χ1n) is 7.91. The maximum absolute atomic E-state index is 13.5. The monoisotopic (exact) mass is 434 g/mol. The number of benzene rings is 2. The van der Waals surface area contributed by atoms with Crippen LogP contribution >= 0.6 is 34.8 Å². The first kappa shape index (κ1) is 21.4. The fraction of sp³-hybridized carbons (Fsp3) is 0.222. The summed E-state index contributed by atoms with van der Waals surface area (Å²) >= 11 is 17.7. The van der Waals surface area contributed by atoms with E-state index in [1.165, 1.54) is 17.0 Å². The Hall–Kier alpha value is -1.89. The summed E-state index contributed by atoms with van der Waals surface area (Å²) in [4.78, 5) is 26.2. The minimum absolute atomic E-state index is 0.213. The normalized spacial score (nSPS) is 10.6. The van der Waals surface area contributed by atoms with Crippen molar-refractivity contribution in [3.8, 4) is 0 Å². The molecule has 4 nitrogen and oxygen atoms in total. The molecule has 0 aliphatic heterocycles. The Bertz CT molecular complexity index is 878. The number of carbonyl (C=O) groups excluding carboxylic acids is 2. The summed E-state index contributed by atoms with van der Waals surface area (Å²) in [6, 6.07) is 6.00. The lowest BCUT2D eigenvalue weighted by molar-refractivity contribution is -0.116. The molecule has 0 saturated heterocycles. The van der Waals surface area contributed by atoms with E-state index in [1.807, 2.05) is 0 Å². The summed E-state index contributed by atoms with van der Waals surface area (Å²) in [5, 5.41) is 2.99. The average Bonchev–Trinajstić information content (AvgIpc) is 2.60. The van der Waals surface area contributed by atoms with Gasteiger partial charge in [0.1, 0.15) is 6.54 Å². The SMILES string of the molecule is CCCN(CC(=O)Nc1cc(Cl)ccc1Cl)C(=O)c1cc(F)c(F)cc1Cl. The van der Waals surface area contributed by atoms with Crippen LogP contribution in [0, 0.1) is 11.6 Å². The van der Waals surface area contributed by atoms with Crippen LogP contribution in [0.4, 0.5) is 14.5 Å². The molecule has 27 heavy (non-hydrogen) atoms. The van der Waals surface area contributed by atoms with Crippen molar-refractivity contribution in [2.45, 2.75) is 13.3 Å². The lowest BCUT2D eigenvalue weighted by Gasteiger charge is -2.22. The van der Waals surface area contributed by atoms with Crippen LogP contribution < -0.4 is 5.32 Å². The zero-order chi connectivity index (χ0) is 20.1. The quantitative estimate of drug-likeness (QED) is 0.616. The van der Waals surface area contributed by atoms with Gasteiger partial charge in [0.05, 0.1) is 21.3 Å². The molecule has 0 saturated carbocycles. The highest BCUT2D eigenvalue weighted by molar-refractivity contribution is 6.36. The van der Waals surface area contributed by atoms with Crippen molar-refractivity contribution in [2.75, 3.05) is 18.4 Å². The van der Waals surface area contributed by atoms with Crippen molar-refractivity contribution >= 4 is 52.3 Å². The molecule has 2 rings (SSSR count). The molecular weight excluding hydrogens is 421 g/mol. The van der Waals surface area contributed by atoms with Gasteiger partial charge in [-0.05, 0) is 36.8 Å². The molecule has 144 valence electrons. The number of amides is 2. The van der Waals surface area contributed by atoms with E-state index in [2.05, 4.69) is 5.32 Å². The van der Waals surface area contributed by atoms with Gasteiger partial charge < -0.3 is 10.2 Å². The summed E-state index contributed by atoms with van der Waals surface area (Å²) < 4.78 is 26.7. The molecule has 0 heterocycles. The highest BCUT2D eigenvalue weighted by Gasteiger charge is 2.22. The van der Waals surface area contributed by atoms with Crippen LogP contribution in [0.1, 0.15) is 23.7 Å². The minimum atomic E-state index is -1.20. The first-order valence-corrected chi connectivity index (χ1v) is 9.05. The second-order valence-corrected chi connectivity index (χ2v) is 6.90. The number of rotatable bonds is 6. The van der Waals surface area contributed by atoms with E-state index < -0.39 is 23.4 Å². The Morgan fingerprint density at radius 3 is 2.37 bits per heavy atom. The number of halogens is 5. The Morgan fingerprint density at radius 2 is 1.70 bits per heavy atom. The van der Waals surface area contributed by atoms with Gasteiger partial charge in [-0.1, -0.05) is 41.7 Å². The van der Waals surface area contributed by atoms with E-state index >= 15 is 0 Å². The number of anilines is 1. The van der Waals surface area contributed by atoms with E-state index in [1.54, 1.807) is 13.0 Å². The second kappa shape index (κ2) is 9.35. The smallest absolute Gasteiger partial charge is 0.255 e. The predicted octanol–water partition coefficient (Wildman–Crippen LogP) is 5.42. The summed E-state index contributed by atoms with van der Waals surface area (Å²) in [7, 11) is 0. The molecule has 9 heteroatoms. The van der Waals surface area contributed by atoms with Crippen LogP contribution in [0.3, 0.4) is 0 Å². The van der Waals surface area contributed by atoms with Gasteiger partial charge in [-0.2, -0.15) is 0 Å². The number of nitrogens with zero attached hydrogens (tertiary/aromatic N) is 1. The highest BCUT2D eigenvalue weighted by atomic mass is 35.5. The van der Waals surface area contributed by atoms with Crippen LogP contribution in [0.2, 0.25) is 15.1 Å². The zero-order valence-electron chi connectivity index (χ0n) is 14.2. The van der Waals surface area contributed by atoms with E-state index in [9.17, 15) is 18.4 Å². The van der Waals surface area contributed by atoms with Gasteiger partial charge in [0, 0.05) is 11.6 Å². The molecular formula is C18H15Cl3F2N2O2. The van der Waals surface area contributed by atoms with E-state index in [4.69, 9.17) is 34.8 Å². The van der Waals surface area contributed by atoms with Gasteiger partial charge in [-0.3, -0.25) is 9.59 Å². The molecule has 2 aromatic rings. The predicted molar refractivity (Wildman–Crippen MR) is 103 cm³/mol. The molecule has 0 aliphatic rings. The average molecular weight is 436 g/mol. The summed E-state index contributed by atoms with van der Waals surface area (Å²) in [6.07, 6.45) is 0.540. The molecule has 0 aliphatic carbocycles. The lowest BCUT2D eigenvalue weighted by Crippen LogP contribution is -2.38. The van der Waals surface area contributed by atoms with Crippen LogP contribution in [-0.4, -0.2) is 29.8 Å². The third kappa shape index (κ3) is 5.54. The summed E-state index contributed by atoms with van der Waals surface area (Å²) in [5.74, 6) is -3.57. The molecule has 0 fully saturated rings. The van der Waals surface area contributed by atoms with E-state index in [0.29, 0.717) is 23.2 Å².